The van der Waals surface area contributed by atoms with Gasteiger partial charge in [-0.25, -0.2) is 4.79 Å². The number of hydrogen-bond donors (Lipinski definition) is 1. The lowest BCUT2D eigenvalue weighted by Gasteiger charge is -2.08. The first kappa shape index (κ1) is 17.4. The highest BCUT2D eigenvalue weighted by Gasteiger charge is 2.03. The van der Waals surface area contributed by atoms with Crippen molar-refractivity contribution in [3.05, 3.63) is 29.8 Å². The van der Waals surface area contributed by atoms with E-state index < -0.39 is 0 Å². The van der Waals surface area contributed by atoms with Gasteiger partial charge in [-0.2, -0.15) is 0 Å². The zero-order valence-electron chi connectivity index (χ0n) is 12.6. The summed E-state index contributed by atoms with van der Waals surface area (Å²) in [6, 6.07) is 7.11. The Labute approximate surface area is 125 Å². The quantitative estimate of drug-likeness (QED) is 0.494. The first-order valence-electron chi connectivity index (χ1n) is 6.84. The second-order valence-electron chi connectivity index (χ2n) is 4.21. The van der Waals surface area contributed by atoms with Crippen LogP contribution in [0.1, 0.15) is 10.4 Å². The van der Waals surface area contributed by atoms with Gasteiger partial charge in [0.1, 0.15) is 0 Å². The van der Waals surface area contributed by atoms with Gasteiger partial charge in [0.25, 0.3) is 0 Å². The molecule has 0 aliphatic heterocycles. The molecule has 0 heterocycles. The van der Waals surface area contributed by atoms with Crippen LogP contribution in [0.3, 0.4) is 0 Å². The number of rotatable bonds is 11. The van der Waals surface area contributed by atoms with Crippen LogP contribution in [-0.2, 0) is 18.9 Å². The molecule has 6 heteroatoms. The van der Waals surface area contributed by atoms with Crippen molar-refractivity contribution in [1.29, 1.82) is 0 Å². The van der Waals surface area contributed by atoms with Gasteiger partial charge in [0.15, 0.2) is 0 Å². The Morgan fingerprint density at radius 2 is 1.57 bits per heavy atom. The molecular weight excluding hydrogens is 274 g/mol. The van der Waals surface area contributed by atoms with Crippen molar-refractivity contribution in [2.45, 2.75) is 0 Å². The van der Waals surface area contributed by atoms with E-state index in [1.54, 1.807) is 19.2 Å². The van der Waals surface area contributed by atoms with E-state index in [0.717, 1.165) is 5.69 Å². The molecule has 21 heavy (non-hydrogen) atoms. The SMILES string of the molecule is COCCOCCOCCNc1ccc(C(=O)OC)cc1. The van der Waals surface area contributed by atoms with Crippen molar-refractivity contribution in [2.24, 2.45) is 0 Å². The van der Waals surface area contributed by atoms with Gasteiger partial charge in [0.05, 0.1) is 45.7 Å². The number of esters is 1. The van der Waals surface area contributed by atoms with E-state index in [-0.39, 0.29) is 5.97 Å². The van der Waals surface area contributed by atoms with Crippen molar-refractivity contribution in [1.82, 2.24) is 0 Å². The van der Waals surface area contributed by atoms with Gasteiger partial charge in [-0.05, 0) is 24.3 Å². The van der Waals surface area contributed by atoms with Crippen LogP contribution in [0, 0.1) is 0 Å². The number of nitrogens with one attached hydrogen (secondary N) is 1. The third-order valence-corrected chi connectivity index (χ3v) is 2.69. The summed E-state index contributed by atoms with van der Waals surface area (Å²) < 4.78 is 20.2. The summed E-state index contributed by atoms with van der Waals surface area (Å²) in [4.78, 5) is 11.3. The molecule has 0 radical (unpaired) electrons. The molecule has 6 nitrogen and oxygen atoms in total. The molecule has 0 unspecified atom stereocenters. The molecule has 118 valence electrons. The maximum atomic E-state index is 11.3. The molecule has 1 aromatic carbocycles. The summed E-state index contributed by atoms with van der Waals surface area (Å²) in [6.07, 6.45) is 0. The Hall–Kier alpha value is -1.63. The lowest BCUT2D eigenvalue weighted by Crippen LogP contribution is -2.13. The molecule has 1 N–H and O–H groups in total. The van der Waals surface area contributed by atoms with E-state index >= 15 is 0 Å². The lowest BCUT2D eigenvalue weighted by atomic mass is 10.2. The van der Waals surface area contributed by atoms with Gasteiger partial charge in [-0.1, -0.05) is 0 Å². The van der Waals surface area contributed by atoms with Gasteiger partial charge in [-0.15, -0.1) is 0 Å². The number of methoxy groups -OCH3 is 2. The van der Waals surface area contributed by atoms with E-state index in [1.165, 1.54) is 7.11 Å². The van der Waals surface area contributed by atoms with Crippen LogP contribution in [0.5, 0.6) is 0 Å². The van der Waals surface area contributed by atoms with Crippen molar-refractivity contribution in [2.75, 3.05) is 59.1 Å². The lowest BCUT2D eigenvalue weighted by molar-refractivity contribution is 0.0272. The Bertz CT molecular complexity index is 394. The fourth-order valence-electron chi connectivity index (χ4n) is 1.57. The van der Waals surface area contributed by atoms with Crippen molar-refractivity contribution in [3.8, 4) is 0 Å². The van der Waals surface area contributed by atoms with Gasteiger partial charge in [0.2, 0.25) is 0 Å². The van der Waals surface area contributed by atoms with Gasteiger partial charge in [0, 0.05) is 19.3 Å². The highest BCUT2D eigenvalue weighted by atomic mass is 16.5. The minimum Gasteiger partial charge on any atom is -0.465 e. The average molecular weight is 297 g/mol. The van der Waals surface area contributed by atoms with E-state index in [1.807, 2.05) is 12.1 Å². The van der Waals surface area contributed by atoms with Gasteiger partial charge >= 0.3 is 5.97 Å². The van der Waals surface area contributed by atoms with Crippen LogP contribution in [-0.4, -0.2) is 59.8 Å². The second kappa shape index (κ2) is 11.1. The van der Waals surface area contributed by atoms with Crippen LogP contribution in [0.2, 0.25) is 0 Å². The molecule has 0 aliphatic rings. The minimum atomic E-state index is -0.335. The highest BCUT2D eigenvalue weighted by molar-refractivity contribution is 5.89. The summed E-state index contributed by atoms with van der Waals surface area (Å²) in [7, 11) is 3.01. The van der Waals surface area contributed by atoms with E-state index in [9.17, 15) is 4.79 Å². The van der Waals surface area contributed by atoms with E-state index in [0.29, 0.717) is 45.1 Å². The molecule has 0 spiro atoms. The zero-order chi connectivity index (χ0) is 15.3. The van der Waals surface area contributed by atoms with Crippen LogP contribution >= 0.6 is 0 Å². The van der Waals surface area contributed by atoms with Crippen LogP contribution in [0.4, 0.5) is 5.69 Å². The maximum absolute atomic E-state index is 11.3. The van der Waals surface area contributed by atoms with Gasteiger partial charge < -0.3 is 24.3 Å². The first-order valence-corrected chi connectivity index (χ1v) is 6.84. The summed E-state index contributed by atoms with van der Waals surface area (Å²) in [5.41, 5.74) is 1.47. The van der Waals surface area contributed by atoms with Crippen LogP contribution < -0.4 is 5.32 Å². The predicted octanol–water partition coefficient (Wildman–Crippen LogP) is 1.56. The fourth-order valence-corrected chi connectivity index (χ4v) is 1.57. The first-order chi connectivity index (χ1) is 10.3. The summed E-state index contributed by atoms with van der Waals surface area (Å²) in [5.74, 6) is -0.335. The average Bonchev–Trinajstić information content (AvgIpc) is 2.53. The topological polar surface area (TPSA) is 66.0 Å². The van der Waals surface area contributed by atoms with E-state index in [2.05, 4.69) is 10.1 Å². The number of anilines is 1. The third kappa shape index (κ3) is 7.65. The molecule has 0 aliphatic carbocycles. The number of carbonyl (C=O) groups is 1. The molecule has 0 amide bonds. The number of benzene rings is 1. The molecule has 0 fully saturated rings. The summed E-state index contributed by atoms with van der Waals surface area (Å²) >= 11 is 0. The van der Waals surface area contributed by atoms with Crippen molar-refractivity contribution >= 4 is 11.7 Å². The fraction of sp³-hybridized carbons (Fsp3) is 0.533. The zero-order valence-corrected chi connectivity index (χ0v) is 12.6. The molecule has 0 aromatic heterocycles. The normalized spacial score (nSPS) is 10.4. The third-order valence-electron chi connectivity index (χ3n) is 2.69. The second-order valence-corrected chi connectivity index (χ2v) is 4.21. The molecule has 0 atom stereocenters. The number of hydrogen-bond acceptors (Lipinski definition) is 6. The largest absolute Gasteiger partial charge is 0.465 e. The molecule has 0 bridgehead atoms. The smallest absolute Gasteiger partial charge is 0.337 e. The maximum Gasteiger partial charge on any atom is 0.337 e. The van der Waals surface area contributed by atoms with Crippen LogP contribution in [0.25, 0.3) is 0 Å². The summed E-state index contributed by atoms with van der Waals surface area (Å²) in [5, 5.41) is 3.20. The van der Waals surface area contributed by atoms with Crippen molar-refractivity contribution in [3.63, 3.8) is 0 Å². The molecular formula is C15H23NO5. The Kier molecular flexibility index (Phi) is 9.19. The highest BCUT2D eigenvalue weighted by Crippen LogP contribution is 2.09. The Balaban J connectivity index is 2.06. The molecule has 0 saturated carbocycles. The van der Waals surface area contributed by atoms with Crippen molar-refractivity contribution < 1.29 is 23.7 Å². The van der Waals surface area contributed by atoms with E-state index in [4.69, 9.17) is 14.2 Å². The minimum absolute atomic E-state index is 0.335. The predicted molar refractivity (Wildman–Crippen MR) is 79.8 cm³/mol. The standard InChI is InChI=1S/C15H23NO5/c1-18-9-10-21-12-11-20-8-7-16-14-5-3-13(4-6-14)15(17)19-2/h3-6,16H,7-12H2,1-2H3. The molecule has 1 rings (SSSR count). The van der Waals surface area contributed by atoms with Gasteiger partial charge in [-0.3, -0.25) is 0 Å². The number of carbonyl (C=O) groups excluding carboxylic acids is 1. The number of ether oxygens (including phenoxy) is 4. The molecule has 0 saturated heterocycles. The van der Waals surface area contributed by atoms with Crippen LogP contribution in [0.15, 0.2) is 24.3 Å². The molecule has 1 aromatic rings. The Morgan fingerprint density at radius 3 is 2.19 bits per heavy atom. The monoisotopic (exact) mass is 297 g/mol. The Morgan fingerprint density at radius 1 is 0.952 bits per heavy atom. The summed E-state index contributed by atoms with van der Waals surface area (Å²) in [6.45, 7) is 3.60.